The van der Waals surface area contributed by atoms with Gasteiger partial charge in [0.25, 0.3) is 0 Å². The first-order valence-electron chi connectivity index (χ1n) is 8.13. The number of aliphatic imine (C=N–C) groups is 1. The highest BCUT2D eigenvalue weighted by molar-refractivity contribution is 5.79. The molecule has 26 heavy (non-hydrogen) atoms. The Morgan fingerprint density at radius 2 is 1.92 bits per heavy atom. The number of hydrogen-bond donors (Lipinski definition) is 2. The van der Waals surface area contributed by atoms with Crippen molar-refractivity contribution in [3.05, 3.63) is 59.9 Å². The van der Waals surface area contributed by atoms with Crippen LogP contribution < -0.4 is 15.4 Å². The van der Waals surface area contributed by atoms with Gasteiger partial charge in [-0.3, -0.25) is 9.98 Å². The van der Waals surface area contributed by atoms with E-state index in [4.69, 9.17) is 4.74 Å². The predicted octanol–water partition coefficient (Wildman–Crippen LogP) is 2.89. The summed E-state index contributed by atoms with van der Waals surface area (Å²) in [6, 6.07) is 10.6. The molecule has 140 valence electrons. The molecule has 0 atom stereocenters. The van der Waals surface area contributed by atoms with Gasteiger partial charge in [-0.1, -0.05) is 12.1 Å². The second-order valence-corrected chi connectivity index (χ2v) is 5.37. The molecule has 0 aliphatic heterocycles. The fourth-order valence-corrected chi connectivity index (χ4v) is 2.18. The van der Waals surface area contributed by atoms with Gasteiger partial charge in [-0.05, 0) is 30.3 Å². The third-order valence-electron chi connectivity index (χ3n) is 3.45. The molecule has 2 aromatic rings. The Bertz CT molecular complexity index is 705. The lowest BCUT2D eigenvalue weighted by Crippen LogP contribution is -2.40. The summed E-state index contributed by atoms with van der Waals surface area (Å²) in [5.74, 6) is 0.772. The molecular weight excluding hydrogens is 345 g/mol. The Morgan fingerprint density at radius 3 is 2.62 bits per heavy atom. The fourth-order valence-electron chi connectivity index (χ4n) is 2.18. The van der Waals surface area contributed by atoms with Gasteiger partial charge in [0.15, 0.2) is 5.96 Å². The Kier molecular flexibility index (Phi) is 7.25. The van der Waals surface area contributed by atoms with Gasteiger partial charge in [0.2, 0.25) is 0 Å². The van der Waals surface area contributed by atoms with E-state index in [1.54, 1.807) is 13.2 Å². The maximum absolute atomic E-state index is 12.7. The molecule has 0 aliphatic carbocycles. The summed E-state index contributed by atoms with van der Waals surface area (Å²) in [6.07, 6.45) is -1.88. The van der Waals surface area contributed by atoms with Crippen molar-refractivity contribution in [3.8, 4) is 5.75 Å². The summed E-state index contributed by atoms with van der Waals surface area (Å²) in [5, 5.41) is 6.18. The van der Waals surface area contributed by atoms with E-state index in [0.29, 0.717) is 19.0 Å². The van der Waals surface area contributed by atoms with Crippen LogP contribution in [-0.2, 0) is 12.6 Å². The van der Waals surface area contributed by atoms with E-state index in [1.165, 1.54) is 12.1 Å². The first-order valence-corrected chi connectivity index (χ1v) is 8.13. The lowest BCUT2D eigenvalue weighted by molar-refractivity contribution is -0.137. The van der Waals surface area contributed by atoms with Crippen LogP contribution in [0.5, 0.6) is 5.75 Å². The molecule has 2 rings (SSSR count). The van der Waals surface area contributed by atoms with Crippen molar-refractivity contribution in [1.82, 2.24) is 15.6 Å². The number of aromatic nitrogens is 1. The first-order chi connectivity index (χ1) is 12.5. The Balaban J connectivity index is 1.69. The summed E-state index contributed by atoms with van der Waals surface area (Å²) in [6.45, 7) is 1.27. The zero-order valence-corrected chi connectivity index (χ0v) is 14.4. The smallest absolute Gasteiger partial charge is 0.416 e. The molecule has 0 saturated heterocycles. The van der Waals surface area contributed by atoms with Gasteiger partial charge in [-0.15, -0.1) is 0 Å². The number of alkyl halides is 3. The Hall–Kier alpha value is -2.77. The van der Waals surface area contributed by atoms with E-state index < -0.39 is 11.7 Å². The molecule has 0 unspecified atom stereocenters. The molecule has 5 nitrogen and oxygen atoms in total. The molecule has 2 N–H and O–H groups in total. The van der Waals surface area contributed by atoms with Gasteiger partial charge >= 0.3 is 6.18 Å². The number of hydrogen-bond acceptors (Lipinski definition) is 3. The van der Waals surface area contributed by atoms with Crippen LogP contribution in [0.15, 0.2) is 53.7 Å². The SMILES string of the molecule is CN=C(NCCOc1cccc(C(F)(F)F)c1)NCCc1ccccn1. The third-order valence-corrected chi connectivity index (χ3v) is 3.45. The van der Waals surface area contributed by atoms with Gasteiger partial charge in [-0.2, -0.15) is 13.2 Å². The average molecular weight is 366 g/mol. The molecule has 0 bridgehead atoms. The van der Waals surface area contributed by atoms with Crippen LogP contribution in [0.3, 0.4) is 0 Å². The lowest BCUT2D eigenvalue weighted by atomic mass is 10.2. The van der Waals surface area contributed by atoms with Gasteiger partial charge in [0.05, 0.1) is 12.1 Å². The normalized spacial score (nSPS) is 11.9. The van der Waals surface area contributed by atoms with Crippen molar-refractivity contribution in [3.63, 3.8) is 0 Å². The molecule has 0 saturated carbocycles. The molecular formula is C18H21F3N4O. The minimum Gasteiger partial charge on any atom is -0.492 e. The molecule has 8 heteroatoms. The van der Waals surface area contributed by atoms with E-state index in [9.17, 15) is 13.2 Å². The fraction of sp³-hybridized carbons (Fsp3) is 0.333. The van der Waals surface area contributed by atoms with Gasteiger partial charge in [-0.25, -0.2) is 0 Å². The van der Waals surface area contributed by atoms with Crippen LogP contribution in [-0.4, -0.2) is 37.7 Å². The quantitative estimate of drug-likeness (QED) is 0.449. The van der Waals surface area contributed by atoms with E-state index in [2.05, 4.69) is 20.6 Å². The minimum absolute atomic E-state index is 0.180. The summed E-state index contributed by atoms with van der Waals surface area (Å²) < 4.78 is 43.3. The average Bonchev–Trinajstić information content (AvgIpc) is 2.64. The van der Waals surface area contributed by atoms with E-state index in [1.807, 2.05) is 18.2 Å². The molecule has 1 heterocycles. The van der Waals surface area contributed by atoms with Crippen LogP contribution in [0, 0.1) is 0 Å². The lowest BCUT2D eigenvalue weighted by Gasteiger charge is -2.13. The molecule has 1 aromatic carbocycles. The van der Waals surface area contributed by atoms with Crippen LogP contribution in [0.25, 0.3) is 0 Å². The van der Waals surface area contributed by atoms with Crippen molar-refractivity contribution < 1.29 is 17.9 Å². The second kappa shape index (κ2) is 9.65. The largest absolute Gasteiger partial charge is 0.492 e. The molecule has 1 aromatic heterocycles. The second-order valence-electron chi connectivity index (χ2n) is 5.37. The van der Waals surface area contributed by atoms with Crippen molar-refractivity contribution in [2.45, 2.75) is 12.6 Å². The maximum Gasteiger partial charge on any atom is 0.416 e. The van der Waals surface area contributed by atoms with Gasteiger partial charge < -0.3 is 15.4 Å². The number of guanidine groups is 1. The monoisotopic (exact) mass is 366 g/mol. The number of benzene rings is 1. The van der Waals surface area contributed by atoms with Gasteiger partial charge in [0, 0.05) is 31.9 Å². The summed E-state index contributed by atoms with van der Waals surface area (Å²) in [7, 11) is 1.64. The highest BCUT2D eigenvalue weighted by Crippen LogP contribution is 2.31. The van der Waals surface area contributed by atoms with Crippen LogP contribution in [0.2, 0.25) is 0 Å². The van der Waals surface area contributed by atoms with Crippen molar-refractivity contribution in [2.24, 2.45) is 4.99 Å². The van der Waals surface area contributed by atoms with Crippen LogP contribution in [0.1, 0.15) is 11.3 Å². The molecule has 0 aliphatic rings. The van der Waals surface area contributed by atoms with E-state index in [-0.39, 0.29) is 12.4 Å². The number of ether oxygens (including phenoxy) is 1. The zero-order valence-electron chi connectivity index (χ0n) is 14.4. The number of nitrogens with zero attached hydrogens (tertiary/aromatic N) is 2. The molecule has 0 fully saturated rings. The van der Waals surface area contributed by atoms with Crippen molar-refractivity contribution in [2.75, 3.05) is 26.7 Å². The summed E-state index contributed by atoms with van der Waals surface area (Å²) in [4.78, 5) is 8.31. The van der Waals surface area contributed by atoms with Crippen molar-refractivity contribution in [1.29, 1.82) is 0 Å². The molecule has 0 radical (unpaired) electrons. The zero-order chi connectivity index (χ0) is 18.8. The standard InChI is InChI=1S/C18H21F3N4O/c1-22-17(24-10-8-15-6-2-3-9-23-15)25-11-12-26-16-7-4-5-14(13-16)18(19,20)21/h2-7,9,13H,8,10-12H2,1H3,(H2,22,24,25). The highest BCUT2D eigenvalue weighted by atomic mass is 19.4. The summed E-state index contributed by atoms with van der Waals surface area (Å²) >= 11 is 0. The van der Waals surface area contributed by atoms with Gasteiger partial charge in [0.1, 0.15) is 12.4 Å². The number of rotatable bonds is 7. The third kappa shape index (κ3) is 6.62. The van der Waals surface area contributed by atoms with Crippen LogP contribution in [0.4, 0.5) is 13.2 Å². The first kappa shape index (κ1) is 19.6. The number of nitrogens with one attached hydrogen (secondary N) is 2. The number of pyridine rings is 1. The topological polar surface area (TPSA) is 58.5 Å². The molecule has 0 spiro atoms. The maximum atomic E-state index is 12.7. The summed E-state index contributed by atoms with van der Waals surface area (Å²) in [5.41, 5.74) is 0.248. The number of halogens is 3. The minimum atomic E-state index is -4.38. The van der Waals surface area contributed by atoms with Crippen LogP contribution >= 0.6 is 0 Å². The van der Waals surface area contributed by atoms with Crippen molar-refractivity contribution >= 4 is 5.96 Å². The van der Waals surface area contributed by atoms with E-state index >= 15 is 0 Å². The molecule has 0 amide bonds. The van der Waals surface area contributed by atoms with E-state index in [0.717, 1.165) is 24.2 Å². The predicted molar refractivity (Wildman–Crippen MR) is 94.2 cm³/mol. The highest BCUT2D eigenvalue weighted by Gasteiger charge is 2.30. The Labute approximate surface area is 150 Å². The Morgan fingerprint density at radius 1 is 1.12 bits per heavy atom.